The molecule has 4 rings (SSSR count). The molecule has 2 N–H and O–H groups in total. The van der Waals surface area contributed by atoms with E-state index in [2.05, 4.69) is 15.8 Å². The summed E-state index contributed by atoms with van der Waals surface area (Å²) in [7, 11) is -3.65. The summed E-state index contributed by atoms with van der Waals surface area (Å²) in [5.74, 6) is 0.317. The number of benzene rings is 2. The van der Waals surface area contributed by atoms with Crippen molar-refractivity contribution in [1.82, 2.24) is 9.71 Å². The summed E-state index contributed by atoms with van der Waals surface area (Å²) < 4.78 is 31.2. The second-order valence-electron chi connectivity index (χ2n) is 7.93. The monoisotopic (exact) mass is 426 g/mol. The van der Waals surface area contributed by atoms with Gasteiger partial charge in [0.05, 0.1) is 12.9 Å². The van der Waals surface area contributed by atoms with E-state index in [1.807, 2.05) is 37.3 Å². The average Bonchev–Trinajstić information content (AvgIpc) is 3.28. The van der Waals surface area contributed by atoms with E-state index < -0.39 is 15.9 Å². The van der Waals surface area contributed by atoms with Crippen molar-refractivity contribution in [2.24, 2.45) is 0 Å². The fourth-order valence-electron chi connectivity index (χ4n) is 4.19. The first kappa shape index (κ1) is 20.5. The number of carbonyl (C=O) groups excluding carboxylic acids is 1. The quantitative estimate of drug-likeness (QED) is 0.564. The van der Waals surface area contributed by atoms with Gasteiger partial charge in [0.2, 0.25) is 10.0 Å². The van der Waals surface area contributed by atoms with Crippen LogP contribution in [0.25, 0.3) is 10.9 Å². The van der Waals surface area contributed by atoms with Crippen molar-refractivity contribution in [2.75, 3.05) is 12.9 Å². The number of H-pyrrole nitrogens is 1. The van der Waals surface area contributed by atoms with Gasteiger partial charge in [-0.3, -0.25) is 4.79 Å². The number of aromatic nitrogens is 1. The molecule has 1 amide bonds. The van der Waals surface area contributed by atoms with E-state index in [0.717, 1.165) is 46.9 Å². The first-order chi connectivity index (χ1) is 14.3. The molecule has 0 aliphatic heterocycles. The molecule has 0 saturated carbocycles. The number of fused-ring (bicyclic) bond motifs is 2. The standard InChI is InChI=1S/C23H26N2O4S/c1-15-11-12-18-19(22(24-20(18)14-15)23(26)25-30(2,27)28)9-5-13-29-21-10-4-7-16-6-3-8-17(16)21/h4,7,10-12,14,24H,3,5-6,8-9,13H2,1-2H3,(H,25,26). The molecule has 0 radical (unpaired) electrons. The maximum absolute atomic E-state index is 12.6. The zero-order valence-electron chi connectivity index (χ0n) is 17.2. The van der Waals surface area contributed by atoms with Gasteiger partial charge in [0, 0.05) is 10.9 Å². The summed E-state index contributed by atoms with van der Waals surface area (Å²) in [4.78, 5) is 15.7. The van der Waals surface area contributed by atoms with E-state index in [9.17, 15) is 13.2 Å². The van der Waals surface area contributed by atoms with Gasteiger partial charge in [-0.05, 0) is 73.4 Å². The van der Waals surface area contributed by atoms with Crippen LogP contribution in [0.3, 0.4) is 0 Å². The molecule has 0 spiro atoms. The van der Waals surface area contributed by atoms with Gasteiger partial charge in [-0.1, -0.05) is 24.3 Å². The van der Waals surface area contributed by atoms with Crippen LogP contribution >= 0.6 is 0 Å². The van der Waals surface area contributed by atoms with Crippen LogP contribution in [0.4, 0.5) is 0 Å². The van der Waals surface area contributed by atoms with Crippen LogP contribution in [0.2, 0.25) is 0 Å². The molecule has 0 atom stereocenters. The van der Waals surface area contributed by atoms with E-state index in [4.69, 9.17) is 4.74 Å². The highest BCUT2D eigenvalue weighted by atomic mass is 32.2. The molecule has 3 aromatic rings. The molecule has 30 heavy (non-hydrogen) atoms. The number of amides is 1. The van der Waals surface area contributed by atoms with Gasteiger partial charge >= 0.3 is 0 Å². The van der Waals surface area contributed by atoms with E-state index in [1.165, 1.54) is 17.5 Å². The molecule has 7 heteroatoms. The molecule has 1 aliphatic carbocycles. The molecule has 1 aromatic heterocycles. The van der Waals surface area contributed by atoms with Gasteiger partial charge in [-0.25, -0.2) is 13.1 Å². The van der Waals surface area contributed by atoms with Crippen molar-refractivity contribution >= 4 is 26.8 Å². The number of aromatic amines is 1. The lowest BCUT2D eigenvalue weighted by Gasteiger charge is -2.11. The smallest absolute Gasteiger partial charge is 0.281 e. The highest BCUT2D eigenvalue weighted by Gasteiger charge is 2.20. The van der Waals surface area contributed by atoms with Crippen molar-refractivity contribution < 1.29 is 17.9 Å². The van der Waals surface area contributed by atoms with Crippen molar-refractivity contribution in [1.29, 1.82) is 0 Å². The molecular formula is C23H26N2O4S. The normalized spacial score (nSPS) is 13.4. The second kappa shape index (κ2) is 8.14. The van der Waals surface area contributed by atoms with E-state index >= 15 is 0 Å². The van der Waals surface area contributed by atoms with Gasteiger partial charge in [0.25, 0.3) is 5.91 Å². The Morgan fingerprint density at radius 2 is 2.03 bits per heavy atom. The van der Waals surface area contributed by atoms with E-state index in [-0.39, 0.29) is 0 Å². The number of nitrogens with one attached hydrogen (secondary N) is 2. The van der Waals surface area contributed by atoms with Crippen LogP contribution in [0, 0.1) is 6.92 Å². The zero-order valence-corrected chi connectivity index (χ0v) is 18.1. The maximum Gasteiger partial charge on any atom is 0.281 e. The summed E-state index contributed by atoms with van der Waals surface area (Å²) >= 11 is 0. The number of hydrogen-bond donors (Lipinski definition) is 2. The van der Waals surface area contributed by atoms with Gasteiger partial charge in [0.1, 0.15) is 11.4 Å². The van der Waals surface area contributed by atoms with Crippen molar-refractivity contribution in [3.8, 4) is 5.75 Å². The topological polar surface area (TPSA) is 88.3 Å². The Morgan fingerprint density at radius 1 is 1.20 bits per heavy atom. The highest BCUT2D eigenvalue weighted by molar-refractivity contribution is 7.89. The minimum atomic E-state index is -3.65. The number of sulfonamides is 1. The maximum atomic E-state index is 12.6. The Kier molecular flexibility index (Phi) is 5.56. The van der Waals surface area contributed by atoms with Crippen molar-refractivity contribution in [3.05, 3.63) is 64.3 Å². The van der Waals surface area contributed by atoms with Crippen LogP contribution in [0.1, 0.15) is 45.6 Å². The summed E-state index contributed by atoms with van der Waals surface area (Å²) in [6, 6.07) is 12.1. The highest BCUT2D eigenvalue weighted by Crippen LogP contribution is 2.31. The average molecular weight is 427 g/mol. The third-order valence-electron chi connectivity index (χ3n) is 5.50. The Balaban J connectivity index is 1.52. The Morgan fingerprint density at radius 3 is 2.83 bits per heavy atom. The van der Waals surface area contributed by atoms with Gasteiger partial charge in [0.15, 0.2) is 0 Å². The van der Waals surface area contributed by atoms with Gasteiger partial charge < -0.3 is 9.72 Å². The third kappa shape index (κ3) is 4.36. The lowest BCUT2D eigenvalue weighted by atomic mass is 10.0. The van der Waals surface area contributed by atoms with Gasteiger partial charge in [-0.2, -0.15) is 0 Å². The summed E-state index contributed by atoms with van der Waals surface area (Å²) in [5.41, 5.74) is 5.68. The van der Waals surface area contributed by atoms with Crippen molar-refractivity contribution in [2.45, 2.75) is 39.0 Å². The predicted octanol–water partition coefficient (Wildman–Crippen LogP) is 3.67. The SMILES string of the molecule is Cc1ccc2c(CCCOc3cccc4c3CCC4)c(C(=O)NS(C)(=O)=O)[nH]c2c1. The fraction of sp³-hybridized carbons (Fsp3) is 0.348. The third-order valence-corrected chi connectivity index (χ3v) is 6.05. The first-order valence-electron chi connectivity index (χ1n) is 10.2. The molecule has 2 aromatic carbocycles. The van der Waals surface area contributed by atoms with E-state index in [0.29, 0.717) is 25.1 Å². The van der Waals surface area contributed by atoms with Crippen LogP contribution in [0.15, 0.2) is 36.4 Å². The Labute approximate surface area is 176 Å². The molecule has 0 fully saturated rings. The lowest BCUT2D eigenvalue weighted by Crippen LogP contribution is -2.30. The summed E-state index contributed by atoms with van der Waals surface area (Å²) in [6.45, 7) is 2.50. The molecule has 0 saturated heterocycles. The number of hydrogen-bond acceptors (Lipinski definition) is 4. The number of ether oxygens (including phenoxy) is 1. The minimum absolute atomic E-state index is 0.293. The van der Waals surface area contributed by atoms with E-state index in [1.54, 1.807) is 0 Å². The molecule has 0 unspecified atom stereocenters. The molecule has 158 valence electrons. The van der Waals surface area contributed by atoms with Crippen LogP contribution in [-0.2, 0) is 29.3 Å². The Bertz CT molecular complexity index is 1210. The molecular weight excluding hydrogens is 400 g/mol. The summed E-state index contributed by atoms with van der Waals surface area (Å²) in [6.07, 6.45) is 5.63. The molecule has 1 aliphatic rings. The number of aryl methyl sites for hydroxylation is 3. The van der Waals surface area contributed by atoms with Crippen LogP contribution < -0.4 is 9.46 Å². The summed E-state index contributed by atoms with van der Waals surface area (Å²) in [5, 5.41) is 0.930. The molecule has 1 heterocycles. The number of carbonyl (C=O) groups is 1. The van der Waals surface area contributed by atoms with Gasteiger partial charge in [-0.15, -0.1) is 0 Å². The Hall–Kier alpha value is -2.80. The zero-order chi connectivity index (χ0) is 21.3. The largest absolute Gasteiger partial charge is 0.493 e. The molecule has 6 nitrogen and oxygen atoms in total. The van der Waals surface area contributed by atoms with Crippen LogP contribution in [-0.4, -0.2) is 32.2 Å². The first-order valence-corrected chi connectivity index (χ1v) is 12.1. The molecule has 0 bridgehead atoms. The lowest BCUT2D eigenvalue weighted by molar-refractivity contribution is 0.0976. The second-order valence-corrected chi connectivity index (χ2v) is 9.68. The van der Waals surface area contributed by atoms with Crippen LogP contribution in [0.5, 0.6) is 5.75 Å². The predicted molar refractivity (Wildman–Crippen MR) is 118 cm³/mol. The van der Waals surface area contributed by atoms with Crippen molar-refractivity contribution in [3.63, 3.8) is 0 Å². The minimum Gasteiger partial charge on any atom is -0.493 e. The number of rotatable bonds is 7. The fourth-order valence-corrected chi connectivity index (χ4v) is 4.63.